The smallest absolute Gasteiger partial charge is 0.252 e. The molecule has 134 valence electrons. The number of carbonyl (C=O) groups is 1. The van der Waals surface area contributed by atoms with Crippen LogP contribution in [-0.4, -0.2) is 20.6 Å². The predicted molar refractivity (Wildman–Crippen MR) is 99.4 cm³/mol. The molecule has 5 nitrogen and oxygen atoms in total. The standard InChI is InChI=1S/C20H19NO4S/c1-26(23,24)14-15-9-11-17(12-10-15)20(22)21-19(18-8-5-13-25-18)16-6-3-2-4-7-16/h2-13,19H,14H2,1H3,(H,21,22). The Kier molecular flexibility index (Phi) is 5.23. The predicted octanol–water partition coefficient (Wildman–Crippen LogP) is 3.34. The monoisotopic (exact) mass is 369 g/mol. The first-order valence-corrected chi connectivity index (χ1v) is 10.1. The molecule has 6 heteroatoms. The Balaban J connectivity index is 1.80. The minimum atomic E-state index is -3.11. The van der Waals surface area contributed by atoms with Gasteiger partial charge in [-0.2, -0.15) is 0 Å². The molecule has 1 atom stereocenters. The summed E-state index contributed by atoms with van der Waals surface area (Å²) < 4.78 is 28.2. The molecule has 0 fully saturated rings. The lowest BCUT2D eigenvalue weighted by Crippen LogP contribution is -2.29. The van der Waals surface area contributed by atoms with Crippen LogP contribution in [0.1, 0.15) is 33.3 Å². The fraction of sp³-hybridized carbons (Fsp3) is 0.150. The molecule has 3 aromatic rings. The number of hydrogen-bond donors (Lipinski definition) is 1. The van der Waals surface area contributed by atoms with Gasteiger partial charge in [-0.25, -0.2) is 8.42 Å². The van der Waals surface area contributed by atoms with Crippen molar-refractivity contribution in [2.24, 2.45) is 0 Å². The molecule has 0 aliphatic carbocycles. The molecule has 3 rings (SSSR count). The van der Waals surface area contributed by atoms with Gasteiger partial charge in [-0.15, -0.1) is 0 Å². The Bertz CT molecular complexity index is 962. The summed E-state index contributed by atoms with van der Waals surface area (Å²) in [6.07, 6.45) is 2.75. The first-order valence-electron chi connectivity index (χ1n) is 8.08. The molecule has 1 heterocycles. The molecule has 0 spiro atoms. The molecule has 1 amide bonds. The van der Waals surface area contributed by atoms with Crippen LogP contribution in [0.25, 0.3) is 0 Å². The zero-order valence-electron chi connectivity index (χ0n) is 14.3. The molecule has 0 aliphatic heterocycles. The lowest BCUT2D eigenvalue weighted by molar-refractivity contribution is 0.0939. The van der Waals surface area contributed by atoms with Crippen LogP contribution in [0.4, 0.5) is 0 Å². The fourth-order valence-corrected chi connectivity index (χ4v) is 3.49. The maximum atomic E-state index is 12.6. The van der Waals surface area contributed by atoms with Crippen molar-refractivity contribution in [3.63, 3.8) is 0 Å². The van der Waals surface area contributed by atoms with E-state index >= 15 is 0 Å². The average molecular weight is 369 g/mol. The normalized spacial score (nSPS) is 12.5. The lowest BCUT2D eigenvalue weighted by Gasteiger charge is -2.17. The van der Waals surface area contributed by atoms with E-state index in [0.717, 1.165) is 5.56 Å². The van der Waals surface area contributed by atoms with Gasteiger partial charge >= 0.3 is 0 Å². The molecule has 0 saturated carbocycles. The maximum Gasteiger partial charge on any atom is 0.252 e. The zero-order chi connectivity index (χ0) is 18.6. The minimum absolute atomic E-state index is 0.0477. The summed E-state index contributed by atoms with van der Waals surface area (Å²) in [7, 11) is -3.11. The molecule has 0 bridgehead atoms. The highest BCUT2D eigenvalue weighted by Gasteiger charge is 2.20. The van der Waals surface area contributed by atoms with Crippen LogP contribution in [0.3, 0.4) is 0 Å². The van der Waals surface area contributed by atoms with E-state index in [0.29, 0.717) is 16.9 Å². The Labute approximate surface area is 152 Å². The van der Waals surface area contributed by atoms with Crippen LogP contribution in [-0.2, 0) is 15.6 Å². The third-order valence-electron chi connectivity index (χ3n) is 3.88. The van der Waals surface area contributed by atoms with Crippen molar-refractivity contribution in [1.82, 2.24) is 5.32 Å². The van der Waals surface area contributed by atoms with E-state index < -0.39 is 15.9 Å². The van der Waals surface area contributed by atoms with Crippen LogP contribution >= 0.6 is 0 Å². The summed E-state index contributed by atoms with van der Waals surface area (Å²) >= 11 is 0. The highest BCUT2D eigenvalue weighted by molar-refractivity contribution is 7.89. The Hall–Kier alpha value is -2.86. The highest BCUT2D eigenvalue weighted by atomic mass is 32.2. The summed E-state index contributed by atoms with van der Waals surface area (Å²) in [5.74, 6) is 0.327. The Morgan fingerprint density at radius 3 is 2.27 bits per heavy atom. The second kappa shape index (κ2) is 7.58. The molecule has 0 radical (unpaired) electrons. The first kappa shape index (κ1) is 17.9. The Morgan fingerprint density at radius 1 is 1.00 bits per heavy atom. The van der Waals surface area contributed by atoms with E-state index in [9.17, 15) is 13.2 Å². The summed E-state index contributed by atoms with van der Waals surface area (Å²) in [4.78, 5) is 12.6. The number of furan rings is 1. The van der Waals surface area contributed by atoms with Gasteiger partial charge in [-0.05, 0) is 35.4 Å². The minimum Gasteiger partial charge on any atom is -0.467 e. The molecule has 1 N–H and O–H groups in total. The van der Waals surface area contributed by atoms with Crippen molar-refractivity contribution in [3.05, 3.63) is 95.4 Å². The van der Waals surface area contributed by atoms with E-state index in [-0.39, 0.29) is 11.7 Å². The van der Waals surface area contributed by atoms with Gasteiger partial charge in [0.25, 0.3) is 5.91 Å². The number of hydrogen-bond acceptors (Lipinski definition) is 4. The number of carbonyl (C=O) groups excluding carboxylic acids is 1. The van der Waals surface area contributed by atoms with Gasteiger partial charge in [0.05, 0.1) is 12.0 Å². The van der Waals surface area contributed by atoms with Crippen LogP contribution in [0, 0.1) is 0 Å². The van der Waals surface area contributed by atoms with Gasteiger partial charge in [-0.1, -0.05) is 42.5 Å². The van der Waals surface area contributed by atoms with Crippen LogP contribution < -0.4 is 5.32 Å². The molecule has 26 heavy (non-hydrogen) atoms. The molecule has 1 aromatic heterocycles. The average Bonchev–Trinajstić information content (AvgIpc) is 3.14. The van der Waals surface area contributed by atoms with Gasteiger partial charge < -0.3 is 9.73 Å². The Morgan fingerprint density at radius 2 is 1.69 bits per heavy atom. The molecule has 0 aliphatic rings. The van der Waals surface area contributed by atoms with Crippen LogP contribution in [0.5, 0.6) is 0 Å². The van der Waals surface area contributed by atoms with Gasteiger partial charge in [0.2, 0.25) is 0 Å². The molecular weight excluding hydrogens is 350 g/mol. The van der Waals surface area contributed by atoms with E-state index in [1.165, 1.54) is 6.26 Å². The topological polar surface area (TPSA) is 76.4 Å². The summed E-state index contributed by atoms with van der Waals surface area (Å²) in [5, 5.41) is 2.97. The van der Waals surface area contributed by atoms with Crippen molar-refractivity contribution in [2.75, 3.05) is 6.26 Å². The van der Waals surface area contributed by atoms with E-state index in [1.807, 2.05) is 36.4 Å². The number of benzene rings is 2. The maximum absolute atomic E-state index is 12.6. The SMILES string of the molecule is CS(=O)(=O)Cc1ccc(C(=O)NC(c2ccccc2)c2ccco2)cc1. The van der Waals surface area contributed by atoms with Crippen molar-refractivity contribution >= 4 is 15.7 Å². The second-order valence-corrected chi connectivity index (χ2v) is 8.24. The van der Waals surface area contributed by atoms with Crippen molar-refractivity contribution in [3.8, 4) is 0 Å². The highest BCUT2D eigenvalue weighted by Crippen LogP contribution is 2.23. The van der Waals surface area contributed by atoms with Crippen LogP contribution in [0.2, 0.25) is 0 Å². The van der Waals surface area contributed by atoms with Gasteiger partial charge in [0.15, 0.2) is 9.84 Å². The number of amides is 1. The van der Waals surface area contributed by atoms with Gasteiger partial charge in [0, 0.05) is 11.8 Å². The fourth-order valence-electron chi connectivity index (χ4n) is 2.69. The van der Waals surface area contributed by atoms with E-state index in [4.69, 9.17) is 4.42 Å². The molecule has 2 aromatic carbocycles. The number of nitrogens with one attached hydrogen (secondary N) is 1. The lowest BCUT2D eigenvalue weighted by atomic mass is 10.0. The summed E-state index contributed by atoms with van der Waals surface area (Å²) in [6.45, 7) is 0. The van der Waals surface area contributed by atoms with Gasteiger partial charge in [0.1, 0.15) is 11.8 Å². The summed E-state index contributed by atoms with van der Waals surface area (Å²) in [6, 6.07) is 19.3. The third-order valence-corrected chi connectivity index (χ3v) is 4.74. The van der Waals surface area contributed by atoms with Crippen molar-refractivity contribution in [2.45, 2.75) is 11.8 Å². The quantitative estimate of drug-likeness (QED) is 0.723. The molecular formula is C20H19NO4S. The first-order chi connectivity index (χ1) is 12.4. The zero-order valence-corrected chi connectivity index (χ0v) is 15.1. The summed E-state index contributed by atoms with van der Waals surface area (Å²) in [5.41, 5.74) is 2.01. The number of sulfone groups is 1. The van der Waals surface area contributed by atoms with Crippen molar-refractivity contribution < 1.29 is 17.6 Å². The van der Waals surface area contributed by atoms with Crippen molar-refractivity contribution in [1.29, 1.82) is 0 Å². The largest absolute Gasteiger partial charge is 0.467 e. The molecule has 1 unspecified atom stereocenters. The van der Waals surface area contributed by atoms with Crippen LogP contribution in [0.15, 0.2) is 77.4 Å². The number of rotatable bonds is 6. The molecule has 0 saturated heterocycles. The van der Waals surface area contributed by atoms with Gasteiger partial charge in [-0.3, -0.25) is 4.79 Å². The van der Waals surface area contributed by atoms with E-state index in [2.05, 4.69) is 5.32 Å². The third kappa shape index (κ3) is 4.61. The second-order valence-electron chi connectivity index (χ2n) is 6.10. The van der Waals surface area contributed by atoms with E-state index in [1.54, 1.807) is 36.6 Å².